The molecule has 0 radical (unpaired) electrons. The molecule has 2 heterocycles. The van der Waals surface area contributed by atoms with Gasteiger partial charge in [0.25, 0.3) is 5.91 Å². The van der Waals surface area contributed by atoms with Crippen molar-refractivity contribution in [2.45, 2.75) is 51.5 Å². The molecule has 2 aromatic rings. The van der Waals surface area contributed by atoms with Crippen LogP contribution in [-0.4, -0.2) is 72.6 Å². The number of amides is 1. The molecule has 1 aromatic heterocycles. The molecule has 1 aliphatic heterocycles. The van der Waals surface area contributed by atoms with Crippen molar-refractivity contribution < 1.29 is 43.2 Å². The van der Waals surface area contributed by atoms with Crippen LogP contribution in [0, 0.1) is 5.92 Å². The largest absolute Gasteiger partial charge is 0.503 e. The summed E-state index contributed by atoms with van der Waals surface area (Å²) in [7, 11) is 1.34. The standard InChI is InChI=1S/C26H32N2O9/c1-15(2)25(31)37-20-14-34-13-11-18(28-24(30)21-22(29)19(33-4)10-12-27-21)26(32)35-16(3)23(20)36-17-8-6-5-7-9-17/h5-10,12,15-16,18,20,23,29H,11,13-14H2,1-4H3,(H,28,30)/t16-,18-,20-,23-/m0/s1. The maximum atomic E-state index is 13.1. The van der Waals surface area contributed by atoms with Crippen molar-refractivity contribution in [1.82, 2.24) is 10.3 Å². The number of rotatable bonds is 7. The molecule has 37 heavy (non-hydrogen) atoms. The molecule has 0 saturated carbocycles. The van der Waals surface area contributed by atoms with Gasteiger partial charge in [0.1, 0.15) is 17.9 Å². The normalized spacial score (nSPS) is 22.5. The minimum atomic E-state index is -1.10. The van der Waals surface area contributed by atoms with E-state index in [4.69, 9.17) is 23.7 Å². The number of methoxy groups -OCH3 is 1. The molecule has 2 N–H and O–H groups in total. The Bertz CT molecular complexity index is 1080. The molecule has 0 bridgehead atoms. The van der Waals surface area contributed by atoms with Crippen LogP contribution in [0.15, 0.2) is 42.6 Å². The van der Waals surface area contributed by atoms with Gasteiger partial charge < -0.3 is 34.1 Å². The molecular formula is C26H32N2O9. The number of benzene rings is 1. The van der Waals surface area contributed by atoms with Gasteiger partial charge in [-0.15, -0.1) is 0 Å². The fraction of sp³-hybridized carbons (Fsp3) is 0.462. The summed E-state index contributed by atoms with van der Waals surface area (Å²) in [6.07, 6.45) is -1.28. The van der Waals surface area contributed by atoms with Gasteiger partial charge in [-0.3, -0.25) is 9.59 Å². The molecule has 1 amide bonds. The molecule has 1 fully saturated rings. The van der Waals surface area contributed by atoms with Gasteiger partial charge in [-0.2, -0.15) is 0 Å². The highest BCUT2D eigenvalue weighted by atomic mass is 16.6. The zero-order chi connectivity index (χ0) is 26.9. The quantitative estimate of drug-likeness (QED) is 0.526. The topological polar surface area (TPSA) is 143 Å². The summed E-state index contributed by atoms with van der Waals surface area (Å²) < 4.78 is 28.2. The van der Waals surface area contributed by atoms with Gasteiger partial charge in [0.15, 0.2) is 29.4 Å². The summed E-state index contributed by atoms with van der Waals surface area (Å²) in [6, 6.07) is 9.14. The lowest BCUT2D eigenvalue weighted by molar-refractivity contribution is -0.176. The molecule has 200 valence electrons. The summed E-state index contributed by atoms with van der Waals surface area (Å²) in [6.45, 7) is 5.05. The Kier molecular flexibility index (Phi) is 9.67. The van der Waals surface area contributed by atoms with E-state index in [-0.39, 0.29) is 37.0 Å². The number of carbonyl (C=O) groups excluding carboxylic acids is 3. The number of ether oxygens (including phenoxy) is 5. The molecule has 0 aliphatic carbocycles. The van der Waals surface area contributed by atoms with Gasteiger partial charge in [-0.25, -0.2) is 9.78 Å². The summed E-state index contributed by atoms with van der Waals surface area (Å²) in [4.78, 5) is 42.2. The summed E-state index contributed by atoms with van der Waals surface area (Å²) in [5, 5.41) is 12.8. The predicted molar refractivity (Wildman–Crippen MR) is 130 cm³/mol. The highest BCUT2D eigenvalue weighted by Gasteiger charge is 2.38. The van der Waals surface area contributed by atoms with Gasteiger partial charge in [0.2, 0.25) is 0 Å². The number of carbonyl (C=O) groups is 3. The van der Waals surface area contributed by atoms with Crippen LogP contribution in [0.2, 0.25) is 0 Å². The van der Waals surface area contributed by atoms with E-state index in [0.29, 0.717) is 5.75 Å². The molecular weight excluding hydrogens is 484 g/mol. The number of aromatic nitrogens is 1. The Hall–Kier alpha value is -3.86. The average molecular weight is 517 g/mol. The SMILES string of the molecule is COc1ccnc(C(=O)N[C@H]2CCOC[C@H](OC(=O)C(C)C)[C@@H](Oc3ccccc3)[C@H](C)OC2=O)c1O. The highest BCUT2D eigenvalue weighted by molar-refractivity contribution is 5.97. The Labute approximate surface area is 215 Å². The van der Waals surface area contributed by atoms with Crippen LogP contribution in [0.1, 0.15) is 37.7 Å². The zero-order valence-corrected chi connectivity index (χ0v) is 21.2. The van der Waals surface area contributed by atoms with Gasteiger partial charge in [0, 0.05) is 25.3 Å². The highest BCUT2D eigenvalue weighted by Crippen LogP contribution is 2.27. The maximum Gasteiger partial charge on any atom is 0.329 e. The monoisotopic (exact) mass is 516 g/mol. The zero-order valence-electron chi connectivity index (χ0n) is 21.2. The average Bonchev–Trinajstić information content (AvgIpc) is 2.88. The van der Waals surface area contributed by atoms with Gasteiger partial charge in [-0.1, -0.05) is 32.0 Å². The van der Waals surface area contributed by atoms with Gasteiger partial charge >= 0.3 is 11.9 Å². The lowest BCUT2D eigenvalue weighted by Crippen LogP contribution is -2.51. The molecule has 1 saturated heterocycles. The van der Waals surface area contributed by atoms with E-state index in [2.05, 4.69) is 10.3 Å². The second-order valence-corrected chi connectivity index (χ2v) is 8.77. The number of para-hydroxylation sites is 1. The van der Waals surface area contributed by atoms with Crippen molar-refractivity contribution >= 4 is 17.8 Å². The summed E-state index contributed by atoms with van der Waals surface area (Å²) in [5.74, 6) is -2.26. The Morgan fingerprint density at radius 2 is 1.92 bits per heavy atom. The molecule has 0 spiro atoms. The first-order valence-corrected chi connectivity index (χ1v) is 11.9. The maximum absolute atomic E-state index is 13.1. The Balaban J connectivity index is 1.80. The van der Waals surface area contributed by atoms with E-state index in [1.807, 2.05) is 6.07 Å². The predicted octanol–water partition coefficient (Wildman–Crippen LogP) is 2.26. The van der Waals surface area contributed by atoms with E-state index in [1.54, 1.807) is 45.0 Å². The number of aromatic hydroxyl groups is 1. The fourth-order valence-electron chi connectivity index (χ4n) is 3.59. The molecule has 11 nitrogen and oxygen atoms in total. The fourth-order valence-corrected chi connectivity index (χ4v) is 3.59. The lowest BCUT2D eigenvalue weighted by atomic mass is 10.1. The second kappa shape index (κ2) is 12.9. The van der Waals surface area contributed by atoms with Crippen molar-refractivity contribution in [3.8, 4) is 17.2 Å². The third-order valence-electron chi connectivity index (χ3n) is 5.63. The van der Waals surface area contributed by atoms with Crippen LogP contribution in [0.4, 0.5) is 0 Å². The Morgan fingerprint density at radius 3 is 2.59 bits per heavy atom. The number of hydrogen-bond donors (Lipinski definition) is 2. The number of cyclic esters (lactones) is 1. The van der Waals surface area contributed by atoms with Crippen molar-refractivity contribution in [2.75, 3.05) is 20.3 Å². The van der Waals surface area contributed by atoms with Gasteiger partial charge in [-0.05, 0) is 19.1 Å². The molecule has 1 aromatic carbocycles. The van der Waals surface area contributed by atoms with E-state index in [9.17, 15) is 19.5 Å². The minimum absolute atomic E-state index is 0.0171. The number of nitrogens with zero attached hydrogens (tertiary/aromatic N) is 1. The number of pyridine rings is 1. The molecule has 11 heteroatoms. The summed E-state index contributed by atoms with van der Waals surface area (Å²) >= 11 is 0. The van der Waals surface area contributed by atoms with Crippen LogP contribution in [0.3, 0.4) is 0 Å². The smallest absolute Gasteiger partial charge is 0.329 e. The first-order valence-electron chi connectivity index (χ1n) is 11.9. The van der Waals surface area contributed by atoms with Crippen LogP contribution >= 0.6 is 0 Å². The van der Waals surface area contributed by atoms with E-state index >= 15 is 0 Å². The van der Waals surface area contributed by atoms with Crippen molar-refractivity contribution in [2.24, 2.45) is 5.92 Å². The van der Waals surface area contributed by atoms with E-state index in [0.717, 1.165) is 0 Å². The lowest BCUT2D eigenvalue weighted by Gasteiger charge is -2.33. The van der Waals surface area contributed by atoms with Crippen molar-refractivity contribution in [3.63, 3.8) is 0 Å². The minimum Gasteiger partial charge on any atom is -0.503 e. The van der Waals surface area contributed by atoms with Crippen LogP contribution in [0.5, 0.6) is 17.2 Å². The van der Waals surface area contributed by atoms with Crippen molar-refractivity contribution in [3.05, 3.63) is 48.3 Å². The van der Waals surface area contributed by atoms with E-state index in [1.165, 1.54) is 19.4 Å². The van der Waals surface area contributed by atoms with Crippen LogP contribution < -0.4 is 14.8 Å². The first kappa shape index (κ1) is 27.7. The van der Waals surface area contributed by atoms with E-state index < -0.39 is 47.9 Å². The molecule has 0 unspecified atom stereocenters. The third kappa shape index (κ3) is 7.32. The van der Waals surface area contributed by atoms with Gasteiger partial charge in [0.05, 0.1) is 19.6 Å². The first-order chi connectivity index (χ1) is 17.7. The van der Waals surface area contributed by atoms with Crippen LogP contribution in [0.25, 0.3) is 0 Å². The van der Waals surface area contributed by atoms with Crippen molar-refractivity contribution in [1.29, 1.82) is 0 Å². The molecule has 3 rings (SSSR count). The third-order valence-corrected chi connectivity index (χ3v) is 5.63. The Morgan fingerprint density at radius 1 is 1.19 bits per heavy atom. The number of nitrogens with one attached hydrogen (secondary N) is 1. The molecule has 1 aliphatic rings. The summed E-state index contributed by atoms with van der Waals surface area (Å²) in [5.41, 5.74) is -0.302. The second-order valence-electron chi connectivity index (χ2n) is 8.77. The number of hydrogen-bond acceptors (Lipinski definition) is 10. The van der Waals surface area contributed by atoms with Crippen LogP contribution in [-0.2, 0) is 23.8 Å². The number of esters is 2. The molecule has 4 atom stereocenters.